The summed E-state index contributed by atoms with van der Waals surface area (Å²) in [5, 5.41) is 4.58. The minimum absolute atomic E-state index is 0.0264. The second kappa shape index (κ2) is 7.42. The van der Waals surface area contributed by atoms with Crippen molar-refractivity contribution in [3.05, 3.63) is 63.9 Å². The number of hydrogen-bond acceptors (Lipinski definition) is 4. The molecule has 3 rings (SSSR count). The molecule has 122 valence electrons. The van der Waals surface area contributed by atoms with Gasteiger partial charge in [-0.25, -0.2) is 10.4 Å². The van der Waals surface area contributed by atoms with Crippen LogP contribution in [-0.2, 0) is 11.8 Å². The van der Waals surface area contributed by atoms with E-state index in [9.17, 15) is 4.79 Å². The molecule has 0 saturated carbocycles. The van der Waals surface area contributed by atoms with Crippen LogP contribution in [-0.4, -0.2) is 23.2 Å². The van der Waals surface area contributed by atoms with E-state index >= 15 is 0 Å². The number of carbonyl (C=O) groups is 1. The van der Waals surface area contributed by atoms with E-state index in [-0.39, 0.29) is 12.5 Å². The number of benzene rings is 2. The summed E-state index contributed by atoms with van der Waals surface area (Å²) in [6.45, 7) is 0.0264. The van der Waals surface area contributed by atoms with Crippen molar-refractivity contribution >= 4 is 45.3 Å². The molecule has 0 saturated heterocycles. The molecule has 0 fully saturated rings. The van der Waals surface area contributed by atoms with Crippen LogP contribution in [0.25, 0.3) is 10.2 Å². The summed E-state index contributed by atoms with van der Waals surface area (Å²) < 4.78 is 3.12. The molecular weight excluding hydrogens is 344 g/mol. The number of thiazole rings is 1. The molecule has 5 nitrogen and oxygen atoms in total. The average molecular weight is 359 g/mol. The van der Waals surface area contributed by atoms with Crippen LogP contribution in [0.5, 0.6) is 0 Å². The molecule has 24 heavy (non-hydrogen) atoms. The second-order valence-electron chi connectivity index (χ2n) is 5.07. The molecule has 0 aliphatic rings. The maximum Gasteiger partial charge on any atom is 0.261 e. The number of aryl methyl sites for hydroxylation is 1. The Kier molecular flexibility index (Phi) is 5.08. The van der Waals surface area contributed by atoms with Crippen LogP contribution in [0.15, 0.2) is 58.6 Å². The Balaban J connectivity index is 1.64. The van der Waals surface area contributed by atoms with Crippen LogP contribution >= 0.6 is 22.9 Å². The zero-order valence-corrected chi connectivity index (χ0v) is 14.5. The van der Waals surface area contributed by atoms with E-state index in [2.05, 4.69) is 15.5 Å². The summed E-state index contributed by atoms with van der Waals surface area (Å²) in [5.74, 6) is -0.266. The van der Waals surface area contributed by atoms with Crippen molar-refractivity contribution < 1.29 is 4.79 Å². The zero-order valence-electron chi connectivity index (χ0n) is 12.9. The number of carbonyl (C=O) groups excluding carboxylic acids is 1. The number of nitrogens with zero attached hydrogens (tertiary/aromatic N) is 3. The lowest BCUT2D eigenvalue weighted by Crippen LogP contribution is -2.22. The third-order valence-corrected chi connectivity index (χ3v) is 4.75. The third kappa shape index (κ3) is 3.90. The van der Waals surface area contributed by atoms with Gasteiger partial charge < -0.3 is 4.57 Å². The first-order valence-electron chi connectivity index (χ1n) is 7.26. The van der Waals surface area contributed by atoms with Crippen molar-refractivity contribution in [2.45, 2.75) is 0 Å². The molecule has 0 unspecified atom stereocenters. The number of aromatic nitrogens is 1. The first-order valence-corrected chi connectivity index (χ1v) is 8.45. The van der Waals surface area contributed by atoms with Gasteiger partial charge in [0, 0.05) is 12.1 Å². The molecule has 0 aliphatic carbocycles. The Labute approximate surface area is 147 Å². The Morgan fingerprint density at radius 1 is 1.25 bits per heavy atom. The molecule has 2 aromatic carbocycles. The lowest BCUT2D eigenvalue weighted by atomic mass is 10.2. The maximum atomic E-state index is 11.8. The molecule has 0 aliphatic heterocycles. The topological polar surface area (TPSA) is 58.8 Å². The van der Waals surface area contributed by atoms with E-state index in [1.807, 2.05) is 48.0 Å². The number of para-hydroxylation sites is 1. The average Bonchev–Trinajstić information content (AvgIpc) is 2.91. The Hall–Kier alpha value is -2.44. The molecule has 3 aromatic rings. The van der Waals surface area contributed by atoms with Crippen LogP contribution in [0.1, 0.15) is 5.56 Å². The highest BCUT2D eigenvalue weighted by Crippen LogP contribution is 2.15. The van der Waals surface area contributed by atoms with Gasteiger partial charge >= 0.3 is 0 Å². The van der Waals surface area contributed by atoms with Crippen LogP contribution in [0, 0.1) is 0 Å². The Bertz CT molecular complexity index is 957. The molecular formula is C17H15ClN4OS. The van der Waals surface area contributed by atoms with E-state index in [1.54, 1.807) is 29.7 Å². The van der Waals surface area contributed by atoms with Crippen molar-refractivity contribution in [1.82, 2.24) is 9.99 Å². The van der Waals surface area contributed by atoms with Gasteiger partial charge in [-0.1, -0.05) is 47.2 Å². The molecule has 1 heterocycles. The van der Waals surface area contributed by atoms with E-state index in [1.165, 1.54) is 0 Å². The van der Waals surface area contributed by atoms with E-state index in [4.69, 9.17) is 11.6 Å². The predicted molar refractivity (Wildman–Crippen MR) is 98.4 cm³/mol. The van der Waals surface area contributed by atoms with Gasteiger partial charge in [-0.15, -0.1) is 0 Å². The van der Waals surface area contributed by atoms with E-state index in [0.717, 1.165) is 20.6 Å². The van der Waals surface area contributed by atoms with Gasteiger partial charge in [0.15, 0.2) is 4.80 Å². The van der Waals surface area contributed by atoms with Crippen molar-refractivity contribution in [2.24, 2.45) is 17.1 Å². The van der Waals surface area contributed by atoms with Gasteiger partial charge in [0.25, 0.3) is 5.91 Å². The second-order valence-corrected chi connectivity index (χ2v) is 6.52. The fourth-order valence-electron chi connectivity index (χ4n) is 2.13. The van der Waals surface area contributed by atoms with Crippen molar-refractivity contribution in [3.63, 3.8) is 0 Å². The lowest BCUT2D eigenvalue weighted by molar-refractivity contribution is -0.119. The van der Waals surface area contributed by atoms with Crippen molar-refractivity contribution in [3.8, 4) is 0 Å². The number of rotatable bonds is 4. The number of halogens is 1. The summed E-state index contributed by atoms with van der Waals surface area (Å²) in [6.07, 6.45) is 1.56. The molecule has 1 N–H and O–H groups in total. The van der Waals surface area contributed by atoms with Crippen LogP contribution < -0.4 is 10.2 Å². The monoisotopic (exact) mass is 358 g/mol. The minimum Gasteiger partial charge on any atom is -0.320 e. The summed E-state index contributed by atoms with van der Waals surface area (Å²) in [5.41, 5.74) is 4.42. The summed E-state index contributed by atoms with van der Waals surface area (Å²) in [4.78, 5) is 17.0. The van der Waals surface area contributed by atoms with Crippen LogP contribution in [0.3, 0.4) is 0 Å². The fourth-order valence-corrected chi connectivity index (χ4v) is 3.27. The van der Waals surface area contributed by atoms with E-state index in [0.29, 0.717) is 5.02 Å². The minimum atomic E-state index is -0.266. The Morgan fingerprint density at radius 3 is 2.75 bits per heavy atom. The third-order valence-electron chi connectivity index (χ3n) is 3.35. The highest BCUT2D eigenvalue weighted by atomic mass is 35.5. The van der Waals surface area contributed by atoms with E-state index < -0.39 is 0 Å². The molecule has 0 radical (unpaired) electrons. The van der Waals surface area contributed by atoms with Gasteiger partial charge in [-0.3, -0.25) is 4.79 Å². The smallest absolute Gasteiger partial charge is 0.261 e. The predicted octanol–water partition coefficient (Wildman–Crippen LogP) is 2.94. The molecule has 1 amide bonds. The molecule has 0 spiro atoms. The van der Waals surface area contributed by atoms with Crippen LogP contribution in [0.2, 0.25) is 5.02 Å². The van der Waals surface area contributed by atoms with Crippen molar-refractivity contribution in [2.75, 3.05) is 6.54 Å². The zero-order chi connectivity index (χ0) is 16.9. The highest BCUT2D eigenvalue weighted by molar-refractivity contribution is 7.16. The lowest BCUT2D eigenvalue weighted by Gasteiger charge is -1.97. The molecule has 7 heteroatoms. The normalized spacial score (nSPS) is 12.2. The van der Waals surface area contributed by atoms with Gasteiger partial charge in [-0.2, -0.15) is 5.10 Å². The van der Waals surface area contributed by atoms with Gasteiger partial charge in [0.2, 0.25) is 0 Å². The first kappa shape index (κ1) is 16.4. The SMILES string of the molecule is Cn1c(=NCC(=O)NN=Cc2ccc(Cl)cc2)sc2ccccc21. The highest BCUT2D eigenvalue weighted by Gasteiger charge is 2.02. The summed E-state index contributed by atoms with van der Waals surface area (Å²) in [7, 11) is 1.94. The standard InChI is InChI=1S/C17H15ClN4OS/c1-22-14-4-2-3-5-15(14)24-17(22)19-11-16(23)21-20-10-12-6-8-13(18)9-7-12/h2-10H,11H2,1H3,(H,21,23). The van der Waals surface area contributed by atoms with Crippen LogP contribution in [0.4, 0.5) is 0 Å². The summed E-state index contributed by atoms with van der Waals surface area (Å²) in [6, 6.07) is 15.2. The number of nitrogens with one attached hydrogen (secondary N) is 1. The Morgan fingerprint density at radius 2 is 2.00 bits per heavy atom. The molecule has 0 atom stereocenters. The largest absolute Gasteiger partial charge is 0.320 e. The molecule has 1 aromatic heterocycles. The van der Waals surface area contributed by atoms with Gasteiger partial charge in [0.05, 0.1) is 16.4 Å². The quantitative estimate of drug-likeness (QED) is 0.565. The maximum absolute atomic E-state index is 11.8. The number of fused-ring (bicyclic) bond motifs is 1. The first-order chi connectivity index (χ1) is 11.6. The van der Waals surface area contributed by atoms with Gasteiger partial charge in [0.1, 0.15) is 6.54 Å². The summed E-state index contributed by atoms with van der Waals surface area (Å²) >= 11 is 7.36. The van der Waals surface area contributed by atoms with Gasteiger partial charge in [-0.05, 0) is 29.8 Å². The van der Waals surface area contributed by atoms with Crippen molar-refractivity contribution in [1.29, 1.82) is 0 Å². The molecule has 0 bridgehead atoms. The fraction of sp³-hybridized carbons (Fsp3) is 0.118. The number of amides is 1. The number of hydrazone groups is 1. The number of hydrogen-bond donors (Lipinski definition) is 1.